The molecule has 0 aliphatic carbocycles. The van der Waals surface area contributed by atoms with Crippen LogP contribution in [0.5, 0.6) is 0 Å². The summed E-state index contributed by atoms with van der Waals surface area (Å²) in [5.74, 6) is 0. The molecule has 0 fully saturated rings. The Morgan fingerprint density at radius 3 is 1.32 bits per heavy atom. The van der Waals surface area contributed by atoms with Gasteiger partial charge in [-0.05, 0) is 78.2 Å². The maximum atomic E-state index is 6.63. The van der Waals surface area contributed by atoms with E-state index in [2.05, 4.69) is 65.5 Å². The molecule has 0 radical (unpaired) electrons. The van der Waals surface area contributed by atoms with Crippen LogP contribution in [-0.4, -0.2) is 33.8 Å². The lowest BCUT2D eigenvalue weighted by Gasteiger charge is -2.43. The lowest BCUT2D eigenvalue weighted by molar-refractivity contribution is 0.250. The molecule has 0 bridgehead atoms. The first kappa shape index (κ1) is 22.5. The molecule has 0 heterocycles. The van der Waals surface area contributed by atoms with Crippen molar-refractivity contribution in [1.29, 1.82) is 0 Å². The van der Waals surface area contributed by atoms with E-state index in [9.17, 15) is 0 Å². The van der Waals surface area contributed by atoms with Crippen LogP contribution < -0.4 is 0 Å². The van der Waals surface area contributed by atoms with Crippen molar-refractivity contribution in [2.24, 2.45) is 0 Å². The van der Waals surface area contributed by atoms with Gasteiger partial charge in [0.05, 0.1) is 0 Å². The van der Waals surface area contributed by atoms with E-state index in [1.165, 1.54) is 0 Å². The molecule has 0 unspecified atom stereocenters. The summed E-state index contributed by atoms with van der Waals surface area (Å²) in [6.07, 6.45) is 5.27. The molecule has 0 aliphatic heterocycles. The predicted molar refractivity (Wildman–Crippen MR) is 108 cm³/mol. The largest absolute Gasteiger partial charge is 0.469 e. The van der Waals surface area contributed by atoms with Crippen LogP contribution in [0.15, 0.2) is 12.7 Å². The van der Waals surface area contributed by atoms with Crippen LogP contribution in [0.25, 0.3) is 0 Å². The van der Waals surface area contributed by atoms with E-state index in [4.69, 9.17) is 12.3 Å². The van der Waals surface area contributed by atoms with Crippen molar-refractivity contribution in [2.45, 2.75) is 84.2 Å². The van der Waals surface area contributed by atoms with E-state index in [0.29, 0.717) is 0 Å². The fraction of sp³-hybridized carbons (Fsp3) is 0.867. The Balaban J connectivity index is 5.33. The van der Waals surface area contributed by atoms with E-state index < -0.39 is 33.8 Å². The second-order valence-electron chi connectivity index (χ2n) is 8.86. The molecule has 0 N–H and O–H groups in total. The third-order valence-corrected chi connectivity index (χ3v) is 14.6. The smallest absolute Gasteiger partial charge is 0.417 e. The van der Waals surface area contributed by atoms with E-state index in [1.807, 2.05) is 6.08 Å². The van der Waals surface area contributed by atoms with Gasteiger partial charge in [0.1, 0.15) is 0 Å². The Hall–Kier alpha value is 0.488. The molecule has 0 saturated carbocycles. The fourth-order valence-corrected chi connectivity index (χ4v) is 17.0. The monoisotopic (exact) mass is 378 g/mol. The van der Waals surface area contributed by atoms with Crippen LogP contribution in [0.3, 0.4) is 0 Å². The molecule has 0 aromatic rings. The minimum Gasteiger partial charge on any atom is -0.417 e. The number of unbranched alkanes of at least 4 members (excludes halogenated alkanes) is 2. The van der Waals surface area contributed by atoms with Gasteiger partial charge in [0.2, 0.25) is 0 Å². The second-order valence-corrected chi connectivity index (χ2v) is 25.9. The molecule has 0 aromatic carbocycles. The van der Waals surface area contributed by atoms with Crippen molar-refractivity contribution in [3.8, 4) is 0 Å². The van der Waals surface area contributed by atoms with Gasteiger partial charge in [-0.1, -0.05) is 6.08 Å². The van der Waals surface area contributed by atoms with Crippen LogP contribution in [0, 0.1) is 0 Å². The third-order valence-electron chi connectivity index (χ3n) is 2.53. The van der Waals surface area contributed by atoms with Crippen LogP contribution >= 0.6 is 0 Å². The van der Waals surface area contributed by atoms with E-state index in [1.54, 1.807) is 0 Å². The van der Waals surface area contributed by atoms with Gasteiger partial charge in [-0.25, -0.2) is 0 Å². The number of rotatable bonds is 11. The number of hydrogen-bond acceptors (Lipinski definition) is 3. The highest BCUT2D eigenvalue weighted by atomic mass is 28.5. The average Bonchev–Trinajstić information content (AvgIpc) is 2.16. The third kappa shape index (κ3) is 12.0. The van der Waals surface area contributed by atoms with Gasteiger partial charge < -0.3 is 12.3 Å². The highest BCUT2D eigenvalue weighted by Gasteiger charge is 2.49. The van der Waals surface area contributed by atoms with Gasteiger partial charge in [-0.3, -0.25) is 0 Å². The van der Waals surface area contributed by atoms with Crippen molar-refractivity contribution in [3.05, 3.63) is 12.7 Å². The molecule has 0 spiro atoms. The van der Waals surface area contributed by atoms with E-state index in [0.717, 1.165) is 25.3 Å². The Bertz CT molecular complexity index is 299. The van der Waals surface area contributed by atoms with Crippen LogP contribution in [0.2, 0.25) is 65.0 Å². The molecule has 0 atom stereocenters. The van der Waals surface area contributed by atoms with Gasteiger partial charge in [0.25, 0.3) is 0 Å². The van der Waals surface area contributed by atoms with Gasteiger partial charge in [-0.2, -0.15) is 0 Å². The van der Waals surface area contributed by atoms with Gasteiger partial charge >= 0.3 is 8.80 Å². The Labute approximate surface area is 143 Å². The quantitative estimate of drug-likeness (QED) is 0.257. The van der Waals surface area contributed by atoms with Crippen molar-refractivity contribution in [2.75, 3.05) is 0 Å². The molecule has 0 saturated heterocycles. The highest BCUT2D eigenvalue weighted by molar-refractivity contribution is 6.90. The average molecular weight is 379 g/mol. The molecule has 0 aromatic heterocycles. The zero-order valence-electron chi connectivity index (χ0n) is 16.3. The number of allylic oxidation sites excluding steroid dienone is 1. The van der Waals surface area contributed by atoms with Crippen LogP contribution in [-0.2, 0) is 12.3 Å². The molecule has 0 rings (SSSR count). The summed E-state index contributed by atoms with van der Waals surface area (Å²) in [7, 11) is -7.77. The molecule has 3 nitrogen and oxygen atoms in total. The Morgan fingerprint density at radius 1 is 0.682 bits per heavy atom. The standard InChI is InChI=1S/C15H38O3Si4/c1-11-12-13-14-15-22(16-19(2,3)4,17-20(5,6)7)18-21(8,9)10/h11H,1,12-15H2,2-10H3. The summed E-state index contributed by atoms with van der Waals surface area (Å²) in [4.78, 5) is 0. The molecule has 22 heavy (non-hydrogen) atoms. The normalized spacial score (nSPS) is 14.2. The van der Waals surface area contributed by atoms with E-state index >= 15 is 0 Å². The van der Waals surface area contributed by atoms with Crippen LogP contribution in [0.4, 0.5) is 0 Å². The van der Waals surface area contributed by atoms with Crippen molar-refractivity contribution in [3.63, 3.8) is 0 Å². The van der Waals surface area contributed by atoms with Crippen LogP contribution in [0.1, 0.15) is 19.3 Å². The predicted octanol–water partition coefficient (Wildman–Crippen LogP) is 5.84. The van der Waals surface area contributed by atoms with E-state index in [-0.39, 0.29) is 0 Å². The van der Waals surface area contributed by atoms with Crippen molar-refractivity contribution >= 4 is 33.8 Å². The number of hydrogen-bond donors (Lipinski definition) is 0. The molecule has 7 heteroatoms. The Kier molecular flexibility index (Phi) is 8.73. The summed E-state index contributed by atoms with van der Waals surface area (Å²) >= 11 is 0. The molecule has 0 aliphatic rings. The first-order valence-corrected chi connectivity index (χ1v) is 20.6. The fourth-order valence-electron chi connectivity index (χ4n) is 2.25. The summed E-state index contributed by atoms with van der Waals surface area (Å²) in [5, 5.41) is 0. The van der Waals surface area contributed by atoms with Gasteiger partial charge in [0, 0.05) is 6.04 Å². The Morgan fingerprint density at radius 2 is 1.05 bits per heavy atom. The molecule has 132 valence electrons. The summed E-state index contributed by atoms with van der Waals surface area (Å²) in [6.45, 7) is 23.9. The topological polar surface area (TPSA) is 27.7 Å². The molecule has 0 amide bonds. The highest BCUT2D eigenvalue weighted by Crippen LogP contribution is 2.30. The summed E-state index contributed by atoms with van der Waals surface area (Å²) in [5.41, 5.74) is 0. The molecular formula is C15H38O3Si4. The summed E-state index contributed by atoms with van der Waals surface area (Å²) < 4.78 is 19.9. The van der Waals surface area contributed by atoms with Crippen molar-refractivity contribution in [1.82, 2.24) is 0 Å². The zero-order chi connectivity index (χ0) is 17.7. The second kappa shape index (κ2) is 8.55. The first-order valence-electron chi connectivity index (χ1n) is 8.39. The van der Waals surface area contributed by atoms with Gasteiger partial charge in [-0.15, -0.1) is 6.58 Å². The minimum atomic E-state index is -2.60. The SMILES string of the molecule is C=CCCCC[Si](O[Si](C)(C)C)(O[Si](C)(C)C)O[Si](C)(C)C. The maximum Gasteiger partial charge on any atom is 0.469 e. The lowest BCUT2D eigenvalue weighted by Crippen LogP contribution is -2.60. The van der Waals surface area contributed by atoms with Crippen molar-refractivity contribution < 1.29 is 12.3 Å². The zero-order valence-corrected chi connectivity index (χ0v) is 20.3. The lowest BCUT2D eigenvalue weighted by atomic mass is 10.2. The molecular weight excluding hydrogens is 341 g/mol. The summed E-state index contributed by atoms with van der Waals surface area (Å²) in [6, 6.07) is 0.944. The maximum absolute atomic E-state index is 6.63. The first-order chi connectivity index (χ1) is 9.68. The van der Waals surface area contributed by atoms with Gasteiger partial charge in [0.15, 0.2) is 25.0 Å². The minimum absolute atomic E-state index is 0.944.